The topological polar surface area (TPSA) is 25.8 Å². The second kappa shape index (κ2) is 3.72. The minimum absolute atomic E-state index is 0.296. The number of benzene rings is 1. The van der Waals surface area contributed by atoms with Crippen molar-refractivity contribution in [1.82, 2.24) is 9.97 Å². The van der Waals surface area contributed by atoms with Crippen LogP contribution in [0.25, 0.3) is 11.3 Å². The molecule has 0 bridgehead atoms. The molecule has 0 aliphatic heterocycles. The molecule has 4 heteroatoms. The van der Waals surface area contributed by atoms with Crippen LogP contribution in [0.3, 0.4) is 0 Å². The van der Waals surface area contributed by atoms with Gasteiger partial charge in [0.05, 0.1) is 18.1 Å². The van der Waals surface area contributed by atoms with Gasteiger partial charge in [0.1, 0.15) is 11.0 Å². The molecule has 2 aromatic rings. The molecule has 0 aliphatic rings. The maximum absolute atomic E-state index is 13.3. The molecule has 0 N–H and O–H groups in total. The lowest BCUT2D eigenvalue weighted by atomic mass is 10.1. The average Bonchev–Trinajstić information content (AvgIpc) is 2.20. The van der Waals surface area contributed by atoms with Crippen molar-refractivity contribution in [1.29, 1.82) is 0 Å². The van der Waals surface area contributed by atoms with Crippen LogP contribution in [-0.2, 0) is 0 Å². The number of hydrogen-bond acceptors (Lipinski definition) is 2. The van der Waals surface area contributed by atoms with Crippen molar-refractivity contribution >= 4 is 11.6 Å². The van der Waals surface area contributed by atoms with Crippen LogP contribution in [0.1, 0.15) is 0 Å². The molecular formula is C10H6ClFN2. The van der Waals surface area contributed by atoms with Gasteiger partial charge in [-0.3, -0.25) is 4.98 Å². The Hall–Kier alpha value is -1.48. The number of rotatable bonds is 1. The Kier molecular flexibility index (Phi) is 2.41. The zero-order valence-electron chi connectivity index (χ0n) is 7.11. The number of nitrogens with zero attached hydrogens (tertiary/aromatic N) is 2. The first kappa shape index (κ1) is 9.09. The molecule has 70 valence electrons. The Morgan fingerprint density at radius 2 is 1.86 bits per heavy atom. The van der Waals surface area contributed by atoms with E-state index in [9.17, 15) is 4.39 Å². The first-order valence-corrected chi connectivity index (χ1v) is 4.37. The average molecular weight is 209 g/mol. The quantitative estimate of drug-likeness (QED) is 0.720. The third kappa shape index (κ3) is 1.72. The van der Waals surface area contributed by atoms with E-state index in [1.165, 1.54) is 18.5 Å². The van der Waals surface area contributed by atoms with Gasteiger partial charge < -0.3 is 0 Å². The summed E-state index contributed by atoms with van der Waals surface area (Å²) in [5.74, 6) is -0.316. The lowest BCUT2D eigenvalue weighted by molar-refractivity contribution is 0.630. The largest absolute Gasteiger partial charge is 0.251 e. The summed E-state index contributed by atoms with van der Waals surface area (Å²) in [6, 6.07) is 6.40. The maximum atomic E-state index is 13.3. The highest BCUT2D eigenvalue weighted by Crippen LogP contribution is 2.19. The highest BCUT2D eigenvalue weighted by molar-refractivity contribution is 6.29. The molecule has 0 fully saturated rings. The van der Waals surface area contributed by atoms with Crippen LogP contribution in [0.5, 0.6) is 0 Å². The smallest absolute Gasteiger partial charge is 0.147 e. The summed E-state index contributed by atoms with van der Waals surface area (Å²) in [4.78, 5) is 7.81. The van der Waals surface area contributed by atoms with E-state index in [4.69, 9.17) is 11.6 Å². The van der Waals surface area contributed by atoms with E-state index in [-0.39, 0.29) is 5.82 Å². The molecule has 1 heterocycles. The molecule has 2 nitrogen and oxygen atoms in total. The van der Waals surface area contributed by atoms with Crippen molar-refractivity contribution in [3.05, 3.63) is 47.6 Å². The van der Waals surface area contributed by atoms with E-state index in [0.717, 1.165) is 0 Å². The van der Waals surface area contributed by atoms with E-state index >= 15 is 0 Å². The Bertz CT molecular complexity index is 442. The van der Waals surface area contributed by atoms with E-state index in [1.807, 2.05) is 0 Å². The summed E-state index contributed by atoms with van der Waals surface area (Å²) in [6.45, 7) is 0. The van der Waals surface area contributed by atoms with Crippen LogP contribution < -0.4 is 0 Å². The molecule has 0 aliphatic carbocycles. The Labute approximate surface area is 85.4 Å². The van der Waals surface area contributed by atoms with E-state index in [1.54, 1.807) is 18.2 Å². The molecule has 1 aromatic heterocycles. The van der Waals surface area contributed by atoms with Gasteiger partial charge in [0.15, 0.2) is 0 Å². The Balaban J connectivity index is 2.50. The van der Waals surface area contributed by atoms with Crippen LogP contribution in [0.4, 0.5) is 4.39 Å². The number of aromatic nitrogens is 2. The lowest BCUT2D eigenvalue weighted by Gasteiger charge is -2.00. The minimum atomic E-state index is -0.316. The number of hydrogen-bond donors (Lipinski definition) is 0. The minimum Gasteiger partial charge on any atom is -0.251 e. The van der Waals surface area contributed by atoms with Gasteiger partial charge in [0.25, 0.3) is 0 Å². The predicted molar refractivity (Wildman–Crippen MR) is 52.4 cm³/mol. The molecule has 0 saturated carbocycles. The van der Waals surface area contributed by atoms with Crippen molar-refractivity contribution in [2.24, 2.45) is 0 Å². The lowest BCUT2D eigenvalue weighted by Crippen LogP contribution is -1.88. The van der Waals surface area contributed by atoms with Crippen LogP contribution in [0, 0.1) is 5.82 Å². The van der Waals surface area contributed by atoms with Gasteiger partial charge in [-0.05, 0) is 12.1 Å². The molecule has 0 radical (unpaired) electrons. The highest BCUT2D eigenvalue weighted by Gasteiger charge is 2.04. The third-order valence-corrected chi connectivity index (χ3v) is 1.97. The van der Waals surface area contributed by atoms with Gasteiger partial charge in [-0.2, -0.15) is 0 Å². The summed E-state index contributed by atoms with van der Waals surface area (Å²) >= 11 is 5.57. The van der Waals surface area contributed by atoms with Crippen LogP contribution in [0.2, 0.25) is 5.15 Å². The molecule has 0 spiro atoms. The van der Waals surface area contributed by atoms with Crippen molar-refractivity contribution in [3.8, 4) is 11.3 Å². The molecule has 1 aromatic carbocycles. The second-order valence-corrected chi connectivity index (χ2v) is 3.09. The summed E-state index contributed by atoms with van der Waals surface area (Å²) in [7, 11) is 0. The fourth-order valence-corrected chi connectivity index (χ4v) is 1.22. The van der Waals surface area contributed by atoms with E-state index in [2.05, 4.69) is 9.97 Å². The molecule has 14 heavy (non-hydrogen) atoms. The summed E-state index contributed by atoms with van der Waals surface area (Å²) in [6.07, 6.45) is 2.84. The fourth-order valence-electron chi connectivity index (χ4n) is 1.12. The van der Waals surface area contributed by atoms with Gasteiger partial charge in [-0.25, -0.2) is 9.37 Å². The number of halogens is 2. The van der Waals surface area contributed by atoms with Crippen molar-refractivity contribution in [2.45, 2.75) is 0 Å². The molecule has 0 saturated heterocycles. The van der Waals surface area contributed by atoms with Gasteiger partial charge in [-0.15, -0.1) is 0 Å². The predicted octanol–water partition coefficient (Wildman–Crippen LogP) is 2.94. The summed E-state index contributed by atoms with van der Waals surface area (Å²) in [5.41, 5.74) is 0.907. The summed E-state index contributed by atoms with van der Waals surface area (Å²) < 4.78 is 13.3. The van der Waals surface area contributed by atoms with Gasteiger partial charge >= 0.3 is 0 Å². The Morgan fingerprint density at radius 3 is 2.50 bits per heavy atom. The van der Waals surface area contributed by atoms with Crippen LogP contribution in [0.15, 0.2) is 36.7 Å². The molecule has 0 atom stereocenters. The zero-order chi connectivity index (χ0) is 9.97. The monoisotopic (exact) mass is 208 g/mol. The molecule has 0 amide bonds. The highest BCUT2D eigenvalue weighted by atomic mass is 35.5. The second-order valence-electron chi connectivity index (χ2n) is 2.70. The van der Waals surface area contributed by atoms with E-state index < -0.39 is 0 Å². The van der Waals surface area contributed by atoms with Crippen molar-refractivity contribution in [2.75, 3.05) is 0 Å². The first-order chi connectivity index (χ1) is 6.77. The maximum Gasteiger partial charge on any atom is 0.147 e. The van der Waals surface area contributed by atoms with Crippen LogP contribution >= 0.6 is 11.6 Å². The van der Waals surface area contributed by atoms with Gasteiger partial charge in [-0.1, -0.05) is 23.7 Å². The fraction of sp³-hybridized carbons (Fsp3) is 0. The van der Waals surface area contributed by atoms with Gasteiger partial charge in [0, 0.05) is 5.56 Å². The normalized spacial score (nSPS) is 10.1. The van der Waals surface area contributed by atoms with Crippen LogP contribution in [-0.4, -0.2) is 9.97 Å². The van der Waals surface area contributed by atoms with Crippen molar-refractivity contribution < 1.29 is 4.39 Å². The zero-order valence-corrected chi connectivity index (χ0v) is 7.87. The molecule has 0 unspecified atom stereocenters. The Morgan fingerprint density at radius 1 is 1.07 bits per heavy atom. The third-order valence-electron chi connectivity index (χ3n) is 1.77. The first-order valence-electron chi connectivity index (χ1n) is 4.00. The summed E-state index contributed by atoms with van der Waals surface area (Å²) in [5, 5.41) is 0.296. The molecular weight excluding hydrogens is 203 g/mol. The SMILES string of the molecule is Fc1ccccc1-c1cnc(Cl)cn1. The standard InChI is InChI=1S/C10H6ClFN2/c11-10-6-13-9(5-14-10)7-3-1-2-4-8(7)12/h1-6H. The van der Waals surface area contributed by atoms with Gasteiger partial charge in [0.2, 0.25) is 0 Å². The van der Waals surface area contributed by atoms with Crippen molar-refractivity contribution in [3.63, 3.8) is 0 Å². The molecule has 2 rings (SSSR count). The van der Waals surface area contributed by atoms with E-state index in [0.29, 0.717) is 16.4 Å².